The fraction of sp³-hybridized carbons (Fsp3) is 0.417. The van der Waals surface area contributed by atoms with Gasteiger partial charge in [0.2, 0.25) is 5.91 Å². The number of rotatable bonds is 0. The molecular weight excluding hydrogens is 226 g/mol. The molecule has 1 amide bonds. The van der Waals surface area contributed by atoms with Gasteiger partial charge in [0, 0.05) is 13.0 Å². The molecule has 3 rings (SSSR count). The summed E-state index contributed by atoms with van der Waals surface area (Å²) in [6, 6.07) is 3.69. The Hall–Kier alpha value is -1.22. The largest absolute Gasteiger partial charge is 0.506 e. The van der Waals surface area contributed by atoms with Gasteiger partial charge >= 0.3 is 0 Å². The van der Waals surface area contributed by atoms with E-state index >= 15 is 0 Å². The van der Waals surface area contributed by atoms with Gasteiger partial charge in [0.05, 0.1) is 11.1 Å². The molecule has 0 bridgehead atoms. The first-order valence-electron chi connectivity index (χ1n) is 5.47. The second-order valence-electron chi connectivity index (χ2n) is 4.39. The van der Waals surface area contributed by atoms with E-state index in [9.17, 15) is 9.90 Å². The Morgan fingerprint density at radius 3 is 3.00 bits per heavy atom. The van der Waals surface area contributed by atoms with Gasteiger partial charge < -0.3 is 10.0 Å². The molecule has 1 aromatic carbocycles. The van der Waals surface area contributed by atoms with Crippen LogP contribution in [0, 0.1) is 0 Å². The fourth-order valence-electron chi connectivity index (χ4n) is 2.72. The molecule has 1 aromatic rings. The van der Waals surface area contributed by atoms with E-state index in [1.807, 2.05) is 11.0 Å². The van der Waals surface area contributed by atoms with Gasteiger partial charge in [0.25, 0.3) is 0 Å². The van der Waals surface area contributed by atoms with Crippen LogP contribution in [0.3, 0.4) is 0 Å². The third kappa shape index (κ3) is 1.31. The number of carbonyl (C=O) groups is 1. The van der Waals surface area contributed by atoms with Gasteiger partial charge in [-0.3, -0.25) is 4.79 Å². The summed E-state index contributed by atoms with van der Waals surface area (Å²) in [7, 11) is 0. The quantitative estimate of drug-likeness (QED) is 0.752. The molecule has 4 heteroatoms. The molecule has 16 heavy (non-hydrogen) atoms. The van der Waals surface area contributed by atoms with E-state index in [-0.39, 0.29) is 17.7 Å². The maximum absolute atomic E-state index is 11.6. The van der Waals surface area contributed by atoms with Crippen LogP contribution in [-0.4, -0.2) is 22.5 Å². The van der Waals surface area contributed by atoms with Crippen LogP contribution in [0.25, 0.3) is 0 Å². The first kappa shape index (κ1) is 9.97. The number of nitrogens with zero attached hydrogens (tertiary/aromatic N) is 1. The van der Waals surface area contributed by atoms with Crippen molar-refractivity contribution in [2.24, 2.45) is 0 Å². The topological polar surface area (TPSA) is 40.5 Å². The molecule has 1 fully saturated rings. The molecule has 0 aliphatic carbocycles. The summed E-state index contributed by atoms with van der Waals surface area (Å²) in [5.41, 5.74) is 2.23. The number of hydrogen-bond acceptors (Lipinski definition) is 2. The highest BCUT2D eigenvalue weighted by atomic mass is 35.5. The van der Waals surface area contributed by atoms with Crippen molar-refractivity contribution in [1.82, 2.24) is 4.90 Å². The summed E-state index contributed by atoms with van der Waals surface area (Å²) >= 11 is 5.89. The Balaban J connectivity index is 2.09. The lowest BCUT2D eigenvalue weighted by molar-refractivity contribution is -0.129. The Bertz CT molecular complexity index is 472. The number of amides is 1. The first-order valence-corrected chi connectivity index (χ1v) is 5.85. The smallest absolute Gasteiger partial charge is 0.223 e. The van der Waals surface area contributed by atoms with Gasteiger partial charge in [-0.25, -0.2) is 0 Å². The van der Waals surface area contributed by atoms with E-state index in [1.165, 1.54) is 5.56 Å². The number of halogens is 1. The number of phenols is 1. The summed E-state index contributed by atoms with van der Waals surface area (Å²) in [6.45, 7) is 0.775. The molecule has 0 spiro atoms. The van der Waals surface area contributed by atoms with Crippen LogP contribution in [0.15, 0.2) is 12.1 Å². The van der Waals surface area contributed by atoms with Crippen molar-refractivity contribution in [2.75, 3.05) is 6.54 Å². The van der Waals surface area contributed by atoms with Gasteiger partial charge in [-0.2, -0.15) is 0 Å². The lowest BCUT2D eigenvalue weighted by Crippen LogP contribution is -2.34. The Morgan fingerprint density at radius 1 is 1.38 bits per heavy atom. The van der Waals surface area contributed by atoms with Crippen molar-refractivity contribution in [2.45, 2.75) is 25.3 Å². The Labute approximate surface area is 98.6 Å². The molecule has 3 nitrogen and oxygen atoms in total. The average molecular weight is 238 g/mol. The van der Waals surface area contributed by atoms with Crippen LogP contribution in [-0.2, 0) is 11.2 Å². The Morgan fingerprint density at radius 2 is 2.19 bits per heavy atom. The van der Waals surface area contributed by atoms with E-state index in [0.717, 1.165) is 24.9 Å². The molecule has 84 valence electrons. The zero-order valence-electron chi connectivity index (χ0n) is 8.74. The highest BCUT2D eigenvalue weighted by Gasteiger charge is 2.36. The second-order valence-corrected chi connectivity index (χ2v) is 4.80. The summed E-state index contributed by atoms with van der Waals surface area (Å²) < 4.78 is 0. The van der Waals surface area contributed by atoms with Crippen molar-refractivity contribution in [1.29, 1.82) is 0 Å². The standard InChI is InChI=1S/C12H12ClNO2/c13-9-5-7-3-4-14-10(1-2-12(14)16)8(7)6-11(9)15/h5-6,10,15H,1-4H2. The fourth-order valence-corrected chi connectivity index (χ4v) is 2.91. The molecule has 0 saturated carbocycles. The monoisotopic (exact) mass is 237 g/mol. The number of carbonyl (C=O) groups excluding carboxylic acids is 1. The van der Waals surface area contributed by atoms with E-state index in [0.29, 0.717) is 11.4 Å². The van der Waals surface area contributed by atoms with Gasteiger partial charge in [-0.15, -0.1) is 0 Å². The molecular formula is C12H12ClNO2. The minimum absolute atomic E-state index is 0.113. The van der Waals surface area contributed by atoms with E-state index in [4.69, 9.17) is 11.6 Å². The van der Waals surface area contributed by atoms with Crippen LogP contribution in [0.5, 0.6) is 5.75 Å². The summed E-state index contributed by atoms with van der Waals surface area (Å²) in [6.07, 6.45) is 2.30. The van der Waals surface area contributed by atoms with Crippen molar-refractivity contribution >= 4 is 17.5 Å². The highest BCUT2D eigenvalue weighted by Crippen LogP contribution is 2.41. The third-order valence-electron chi connectivity index (χ3n) is 3.52. The summed E-state index contributed by atoms with van der Waals surface area (Å²) in [4.78, 5) is 13.5. The number of hydrogen-bond donors (Lipinski definition) is 1. The number of fused-ring (bicyclic) bond motifs is 3. The van der Waals surface area contributed by atoms with E-state index in [1.54, 1.807) is 6.07 Å². The number of aromatic hydroxyl groups is 1. The third-order valence-corrected chi connectivity index (χ3v) is 3.82. The predicted molar refractivity (Wildman–Crippen MR) is 60.5 cm³/mol. The normalized spacial score (nSPS) is 23.2. The first-order chi connectivity index (χ1) is 7.66. The van der Waals surface area contributed by atoms with E-state index < -0.39 is 0 Å². The number of phenolic OH excluding ortho intramolecular Hbond substituents is 1. The van der Waals surface area contributed by atoms with Crippen LogP contribution < -0.4 is 0 Å². The molecule has 1 saturated heterocycles. The Kier molecular flexibility index (Phi) is 2.11. The van der Waals surface area contributed by atoms with E-state index in [2.05, 4.69) is 0 Å². The highest BCUT2D eigenvalue weighted by molar-refractivity contribution is 6.32. The van der Waals surface area contributed by atoms with Crippen LogP contribution in [0.2, 0.25) is 5.02 Å². The van der Waals surface area contributed by atoms with Crippen LogP contribution >= 0.6 is 11.6 Å². The SMILES string of the molecule is O=C1CCC2c3cc(O)c(Cl)cc3CCN12. The molecule has 0 radical (unpaired) electrons. The van der Waals surface area contributed by atoms with Gasteiger partial charge in [0.15, 0.2) is 0 Å². The summed E-state index contributed by atoms with van der Waals surface area (Å²) in [5.74, 6) is 0.340. The van der Waals surface area contributed by atoms with Gasteiger partial charge in [0.1, 0.15) is 5.75 Å². The minimum atomic E-state index is 0.113. The number of benzene rings is 1. The maximum Gasteiger partial charge on any atom is 0.223 e. The summed E-state index contributed by atoms with van der Waals surface area (Å²) in [5, 5.41) is 10.0. The minimum Gasteiger partial charge on any atom is -0.506 e. The predicted octanol–water partition coefficient (Wildman–Crippen LogP) is 2.27. The molecule has 1 N–H and O–H groups in total. The van der Waals surface area contributed by atoms with Crippen molar-refractivity contribution in [3.63, 3.8) is 0 Å². The second kappa shape index (κ2) is 3.39. The zero-order valence-corrected chi connectivity index (χ0v) is 9.50. The average Bonchev–Trinajstić information content (AvgIpc) is 2.63. The van der Waals surface area contributed by atoms with Crippen LogP contribution in [0.4, 0.5) is 0 Å². The van der Waals surface area contributed by atoms with Crippen molar-refractivity contribution in [3.8, 4) is 5.75 Å². The molecule has 2 aliphatic rings. The molecule has 2 aliphatic heterocycles. The molecule has 0 aromatic heterocycles. The van der Waals surface area contributed by atoms with Crippen molar-refractivity contribution < 1.29 is 9.90 Å². The molecule has 1 unspecified atom stereocenters. The maximum atomic E-state index is 11.6. The van der Waals surface area contributed by atoms with Crippen LogP contribution in [0.1, 0.15) is 30.0 Å². The van der Waals surface area contributed by atoms with Gasteiger partial charge in [-0.05, 0) is 36.1 Å². The zero-order chi connectivity index (χ0) is 11.3. The van der Waals surface area contributed by atoms with Gasteiger partial charge in [-0.1, -0.05) is 11.6 Å². The van der Waals surface area contributed by atoms with Crippen molar-refractivity contribution in [3.05, 3.63) is 28.3 Å². The molecule has 2 heterocycles. The lowest BCUT2D eigenvalue weighted by Gasteiger charge is -2.32. The molecule has 1 atom stereocenters. The lowest BCUT2D eigenvalue weighted by atomic mass is 9.92.